The summed E-state index contributed by atoms with van der Waals surface area (Å²) in [4.78, 5) is 16.1. The number of amides is 1. The molecule has 2 rings (SSSR count). The predicted octanol–water partition coefficient (Wildman–Crippen LogP) is 0.0606. The minimum atomic E-state index is -1.02. The van der Waals surface area contributed by atoms with Gasteiger partial charge >= 0.3 is 6.09 Å². The highest BCUT2D eigenvalue weighted by Crippen LogP contribution is 2.31. The first-order valence-electron chi connectivity index (χ1n) is 4.49. The Labute approximate surface area is 88.1 Å². The summed E-state index contributed by atoms with van der Waals surface area (Å²) >= 11 is 0. The summed E-state index contributed by atoms with van der Waals surface area (Å²) in [5.41, 5.74) is 1.60. The molecule has 0 aliphatic carbocycles. The standard InChI is InChI=1S/C9H9BN2O3/c1-5-6(10)4-11-8-7(5)12(9(13)14)2-3-15-8/h4H,2-3H2,1H3,(H,13,14). The first kappa shape index (κ1) is 9.83. The van der Waals surface area contributed by atoms with Crippen LogP contribution in [0.4, 0.5) is 10.5 Å². The van der Waals surface area contributed by atoms with Gasteiger partial charge in [0.1, 0.15) is 20.1 Å². The van der Waals surface area contributed by atoms with Crippen LogP contribution >= 0.6 is 0 Å². The molecule has 6 heteroatoms. The van der Waals surface area contributed by atoms with Gasteiger partial charge in [-0.2, -0.15) is 0 Å². The van der Waals surface area contributed by atoms with Crippen LogP contribution in [0.5, 0.6) is 5.88 Å². The fraction of sp³-hybridized carbons (Fsp3) is 0.333. The molecule has 0 spiro atoms. The van der Waals surface area contributed by atoms with Crippen molar-refractivity contribution in [2.24, 2.45) is 0 Å². The number of rotatable bonds is 0. The number of aromatic nitrogens is 1. The van der Waals surface area contributed by atoms with Gasteiger partial charge in [-0.25, -0.2) is 9.78 Å². The van der Waals surface area contributed by atoms with Crippen LogP contribution in [0.3, 0.4) is 0 Å². The first-order chi connectivity index (χ1) is 7.11. The quantitative estimate of drug-likeness (QED) is 0.607. The van der Waals surface area contributed by atoms with Crippen molar-refractivity contribution in [1.29, 1.82) is 0 Å². The van der Waals surface area contributed by atoms with Crippen molar-refractivity contribution < 1.29 is 14.6 Å². The Hall–Kier alpha value is -1.72. The molecule has 2 heterocycles. The van der Waals surface area contributed by atoms with E-state index in [0.29, 0.717) is 35.7 Å². The van der Waals surface area contributed by atoms with Crippen LogP contribution in [-0.2, 0) is 0 Å². The highest BCUT2D eigenvalue weighted by Gasteiger charge is 2.26. The van der Waals surface area contributed by atoms with Gasteiger partial charge in [0.05, 0.1) is 6.54 Å². The van der Waals surface area contributed by atoms with Gasteiger partial charge in [-0.1, -0.05) is 5.46 Å². The molecular weight excluding hydrogens is 195 g/mol. The Balaban J connectivity index is 2.58. The van der Waals surface area contributed by atoms with Gasteiger partial charge in [0.2, 0.25) is 5.88 Å². The van der Waals surface area contributed by atoms with Crippen molar-refractivity contribution in [3.63, 3.8) is 0 Å². The molecule has 0 aromatic carbocycles. The molecule has 1 aliphatic heterocycles. The third-order valence-corrected chi connectivity index (χ3v) is 2.37. The topological polar surface area (TPSA) is 62.7 Å². The molecule has 0 saturated heterocycles. The highest BCUT2D eigenvalue weighted by atomic mass is 16.5. The highest BCUT2D eigenvalue weighted by molar-refractivity contribution is 6.33. The van der Waals surface area contributed by atoms with E-state index < -0.39 is 6.09 Å². The van der Waals surface area contributed by atoms with E-state index in [1.165, 1.54) is 11.1 Å². The fourth-order valence-electron chi connectivity index (χ4n) is 1.54. The number of ether oxygens (including phenoxy) is 1. The number of anilines is 1. The molecule has 1 N–H and O–H groups in total. The Kier molecular flexibility index (Phi) is 2.26. The third-order valence-electron chi connectivity index (χ3n) is 2.37. The number of nitrogens with zero attached hydrogens (tertiary/aromatic N) is 2. The maximum Gasteiger partial charge on any atom is 0.412 e. The third kappa shape index (κ3) is 1.52. The van der Waals surface area contributed by atoms with Gasteiger partial charge in [0, 0.05) is 6.20 Å². The molecular formula is C9H9BN2O3. The second-order valence-electron chi connectivity index (χ2n) is 3.27. The summed E-state index contributed by atoms with van der Waals surface area (Å²) in [5, 5.41) is 9.00. The minimum Gasteiger partial charge on any atom is -0.474 e. The zero-order valence-corrected chi connectivity index (χ0v) is 8.23. The van der Waals surface area contributed by atoms with Crippen LogP contribution in [0.15, 0.2) is 6.20 Å². The predicted molar refractivity (Wildman–Crippen MR) is 55.2 cm³/mol. The second-order valence-corrected chi connectivity index (χ2v) is 3.27. The Morgan fingerprint density at radius 2 is 2.47 bits per heavy atom. The van der Waals surface area contributed by atoms with E-state index >= 15 is 0 Å². The number of hydrogen-bond donors (Lipinski definition) is 1. The molecule has 1 aromatic heterocycles. The molecule has 2 radical (unpaired) electrons. The van der Waals surface area contributed by atoms with Crippen molar-refractivity contribution in [2.75, 3.05) is 18.1 Å². The van der Waals surface area contributed by atoms with E-state index in [0.717, 1.165) is 0 Å². The summed E-state index contributed by atoms with van der Waals surface area (Å²) in [7, 11) is 5.67. The molecule has 0 saturated carbocycles. The van der Waals surface area contributed by atoms with E-state index in [9.17, 15) is 4.79 Å². The van der Waals surface area contributed by atoms with Gasteiger partial charge in [-0.15, -0.1) is 0 Å². The van der Waals surface area contributed by atoms with Gasteiger partial charge in [-0.3, -0.25) is 4.90 Å². The number of carboxylic acid groups (broad SMARTS) is 1. The molecule has 76 valence electrons. The average Bonchev–Trinajstić information content (AvgIpc) is 2.23. The van der Waals surface area contributed by atoms with Crippen LogP contribution in [0.2, 0.25) is 0 Å². The normalized spacial score (nSPS) is 14.3. The van der Waals surface area contributed by atoms with Gasteiger partial charge < -0.3 is 9.84 Å². The van der Waals surface area contributed by atoms with Crippen LogP contribution < -0.4 is 15.1 Å². The van der Waals surface area contributed by atoms with Crippen LogP contribution in [0.1, 0.15) is 5.56 Å². The Morgan fingerprint density at radius 3 is 3.13 bits per heavy atom. The lowest BCUT2D eigenvalue weighted by Gasteiger charge is -2.28. The van der Waals surface area contributed by atoms with Gasteiger partial charge in [0.15, 0.2) is 0 Å². The van der Waals surface area contributed by atoms with E-state index in [1.54, 1.807) is 6.92 Å². The maximum atomic E-state index is 11.0. The molecule has 1 aliphatic rings. The summed E-state index contributed by atoms with van der Waals surface area (Å²) in [6, 6.07) is 0. The SMILES string of the molecule is [B]c1cnc2c(c1C)N(C(=O)O)CCO2. The smallest absolute Gasteiger partial charge is 0.412 e. The summed E-state index contributed by atoms with van der Waals surface area (Å²) in [5.74, 6) is 0.329. The van der Waals surface area contributed by atoms with Crippen LogP contribution in [0.25, 0.3) is 0 Å². The minimum absolute atomic E-state index is 0.300. The maximum absolute atomic E-state index is 11.0. The van der Waals surface area contributed by atoms with Crippen molar-refractivity contribution in [3.8, 4) is 5.88 Å². The number of pyridine rings is 1. The second kappa shape index (κ2) is 3.45. The zero-order chi connectivity index (χ0) is 11.0. The molecule has 1 amide bonds. The summed E-state index contributed by atoms with van der Waals surface area (Å²) < 4.78 is 5.27. The van der Waals surface area contributed by atoms with Crippen LogP contribution in [0, 0.1) is 6.92 Å². The first-order valence-corrected chi connectivity index (χ1v) is 4.49. The number of hydrogen-bond acceptors (Lipinski definition) is 3. The molecule has 0 bridgehead atoms. The van der Waals surface area contributed by atoms with Crippen LogP contribution in [-0.4, -0.2) is 37.2 Å². The lowest BCUT2D eigenvalue weighted by atomic mass is 9.92. The lowest BCUT2D eigenvalue weighted by Crippen LogP contribution is -2.38. The average molecular weight is 204 g/mol. The Bertz CT molecular complexity index is 422. The van der Waals surface area contributed by atoms with Gasteiger partial charge in [-0.05, 0) is 12.5 Å². The van der Waals surface area contributed by atoms with E-state index in [2.05, 4.69) is 4.98 Å². The zero-order valence-electron chi connectivity index (χ0n) is 8.23. The number of fused-ring (bicyclic) bond motifs is 1. The van der Waals surface area contributed by atoms with Crippen molar-refractivity contribution in [3.05, 3.63) is 11.8 Å². The van der Waals surface area contributed by atoms with Crippen molar-refractivity contribution in [1.82, 2.24) is 4.98 Å². The monoisotopic (exact) mass is 204 g/mol. The molecule has 5 nitrogen and oxygen atoms in total. The fourth-order valence-corrected chi connectivity index (χ4v) is 1.54. The molecule has 0 unspecified atom stereocenters. The van der Waals surface area contributed by atoms with E-state index in [-0.39, 0.29) is 0 Å². The summed E-state index contributed by atoms with van der Waals surface area (Å²) in [6.07, 6.45) is 0.453. The van der Waals surface area contributed by atoms with Gasteiger partial charge in [0.25, 0.3) is 0 Å². The molecule has 15 heavy (non-hydrogen) atoms. The summed E-state index contributed by atoms with van der Waals surface area (Å²) in [6.45, 7) is 2.37. The molecule has 1 aromatic rings. The number of carbonyl (C=O) groups is 1. The molecule has 0 fully saturated rings. The van der Waals surface area contributed by atoms with E-state index in [4.69, 9.17) is 17.7 Å². The van der Waals surface area contributed by atoms with Crippen molar-refractivity contribution >= 4 is 25.1 Å². The van der Waals surface area contributed by atoms with E-state index in [1.807, 2.05) is 0 Å². The largest absolute Gasteiger partial charge is 0.474 e. The van der Waals surface area contributed by atoms with Crippen molar-refractivity contribution in [2.45, 2.75) is 6.92 Å². The lowest BCUT2D eigenvalue weighted by molar-refractivity contribution is 0.196. The molecule has 0 atom stereocenters. The Morgan fingerprint density at radius 1 is 1.73 bits per heavy atom.